The molecule has 4 saturated carbocycles. The molecule has 8 heteroatoms. The van der Waals surface area contributed by atoms with Crippen LogP contribution in [-0.2, 0) is 15.1 Å². The lowest BCUT2D eigenvalue weighted by Gasteiger charge is -2.56. The molecule has 3 amide bonds. The first-order valence-electron chi connectivity index (χ1n) is 10.4. The molecule has 5 fully saturated rings. The third-order valence-electron chi connectivity index (χ3n) is 7.67. The highest BCUT2D eigenvalue weighted by Crippen LogP contribution is 2.60. The van der Waals surface area contributed by atoms with E-state index in [0.717, 1.165) is 50.7 Å². The molecule has 0 radical (unpaired) electrons. The van der Waals surface area contributed by atoms with E-state index in [-0.39, 0.29) is 11.3 Å². The van der Waals surface area contributed by atoms with E-state index in [0.29, 0.717) is 22.7 Å². The fourth-order valence-corrected chi connectivity index (χ4v) is 6.72. The lowest BCUT2D eigenvalue weighted by molar-refractivity contribution is -0.198. The van der Waals surface area contributed by atoms with Gasteiger partial charge in [-0.05, 0) is 61.8 Å². The average Bonchev–Trinajstić information content (AvgIpc) is 2.93. The number of hydrogen-bond acceptors (Lipinski definition) is 3. The molecule has 0 spiro atoms. The lowest BCUT2D eigenvalue weighted by atomic mass is 9.48. The normalized spacial score (nSPS) is 37.6. The molecule has 5 nitrogen and oxygen atoms in total. The van der Waals surface area contributed by atoms with Gasteiger partial charge in [0.15, 0.2) is 5.78 Å². The van der Waals surface area contributed by atoms with Crippen LogP contribution in [0, 0.1) is 23.2 Å². The molecule has 1 saturated heterocycles. The molecule has 1 heterocycles. The van der Waals surface area contributed by atoms with Gasteiger partial charge in [0.05, 0.1) is 6.54 Å². The fraction of sp³-hybridized carbons (Fsp3) is 0.591. The maximum absolute atomic E-state index is 14.1. The quantitative estimate of drug-likeness (QED) is 0.754. The monoisotopic (exact) mass is 420 g/mol. The number of Topliss-reactive ketones (excluding diaryl/α,β-unsaturated/α-hetero) is 1. The molecule has 0 unspecified atom stereocenters. The Labute approximate surface area is 172 Å². The van der Waals surface area contributed by atoms with Crippen LogP contribution in [0.15, 0.2) is 30.3 Å². The van der Waals surface area contributed by atoms with E-state index >= 15 is 0 Å². The standard InChI is InChI=1S/C22H23F3N2O3/c23-22(24,25)21(16-4-2-1-3-5-16)18(29)27(19(30)26-21)12-17(28)20-9-13-6-14(10-20)8-15(7-13)11-20/h1-5,13-15H,6-12H2,(H,26,30)/t13?,14?,15?,20?,21-/m1/s1. The van der Waals surface area contributed by atoms with Gasteiger partial charge in [-0.25, -0.2) is 4.79 Å². The van der Waals surface area contributed by atoms with Crippen LogP contribution < -0.4 is 5.32 Å². The second kappa shape index (κ2) is 6.31. The summed E-state index contributed by atoms with van der Waals surface area (Å²) < 4.78 is 42.3. The van der Waals surface area contributed by atoms with Gasteiger partial charge in [-0.2, -0.15) is 13.2 Å². The molecule has 4 aliphatic carbocycles. The van der Waals surface area contributed by atoms with Crippen molar-refractivity contribution in [3.8, 4) is 0 Å². The third kappa shape index (κ3) is 2.65. The van der Waals surface area contributed by atoms with Crippen molar-refractivity contribution in [3.63, 3.8) is 0 Å². The summed E-state index contributed by atoms with van der Waals surface area (Å²) in [5, 5.41) is 1.86. The molecular weight excluding hydrogens is 397 g/mol. The van der Waals surface area contributed by atoms with Crippen molar-refractivity contribution in [1.82, 2.24) is 10.2 Å². The molecule has 1 atom stereocenters. The first-order valence-corrected chi connectivity index (χ1v) is 10.4. The van der Waals surface area contributed by atoms with E-state index in [2.05, 4.69) is 0 Å². The first-order chi connectivity index (χ1) is 14.1. The second-order valence-corrected chi connectivity index (χ2v) is 9.56. The van der Waals surface area contributed by atoms with Crippen LogP contribution in [0.25, 0.3) is 0 Å². The number of amides is 3. The second-order valence-electron chi connectivity index (χ2n) is 9.56. The number of imide groups is 1. The highest BCUT2D eigenvalue weighted by molar-refractivity contribution is 6.10. The molecule has 30 heavy (non-hydrogen) atoms. The largest absolute Gasteiger partial charge is 0.425 e. The van der Waals surface area contributed by atoms with Gasteiger partial charge in [0.25, 0.3) is 5.91 Å². The Bertz CT molecular complexity index is 879. The summed E-state index contributed by atoms with van der Waals surface area (Å²) in [4.78, 5) is 39.3. The summed E-state index contributed by atoms with van der Waals surface area (Å²) in [5.74, 6) is -0.272. The number of hydrogen-bond donors (Lipinski definition) is 1. The molecule has 0 aromatic heterocycles. The van der Waals surface area contributed by atoms with Crippen molar-refractivity contribution in [2.45, 2.75) is 50.2 Å². The minimum atomic E-state index is -5.04. The maximum atomic E-state index is 14.1. The van der Waals surface area contributed by atoms with Crippen LogP contribution in [0.1, 0.15) is 44.1 Å². The minimum absolute atomic E-state index is 0.267. The molecule has 160 valence electrons. The first kappa shape index (κ1) is 19.6. The Hall–Kier alpha value is -2.38. The predicted octanol–water partition coefficient (Wildman–Crippen LogP) is 3.78. The Balaban J connectivity index is 1.44. The Morgan fingerprint density at radius 1 is 1.00 bits per heavy atom. The summed E-state index contributed by atoms with van der Waals surface area (Å²) in [6.07, 6.45) is 0.474. The Morgan fingerprint density at radius 3 is 2.03 bits per heavy atom. The number of nitrogens with one attached hydrogen (secondary N) is 1. The van der Waals surface area contributed by atoms with Crippen LogP contribution in [0.5, 0.6) is 0 Å². The summed E-state index contributed by atoms with van der Waals surface area (Å²) >= 11 is 0. The number of alkyl halides is 3. The highest BCUT2D eigenvalue weighted by atomic mass is 19.4. The molecule has 6 rings (SSSR count). The van der Waals surface area contributed by atoms with Crippen molar-refractivity contribution in [3.05, 3.63) is 35.9 Å². The minimum Gasteiger partial charge on any atom is -0.312 e. The van der Waals surface area contributed by atoms with Gasteiger partial charge in [-0.1, -0.05) is 30.3 Å². The number of carbonyl (C=O) groups excluding carboxylic acids is 3. The average molecular weight is 420 g/mol. The van der Waals surface area contributed by atoms with Gasteiger partial charge in [-0.3, -0.25) is 14.5 Å². The molecule has 1 aromatic rings. The zero-order chi connectivity index (χ0) is 21.3. The van der Waals surface area contributed by atoms with Crippen LogP contribution in [0.3, 0.4) is 0 Å². The zero-order valence-corrected chi connectivity index (χ0v) is 16.4. The number of nitrogens with zero attached hydrogens (tertiary/aromatic N) is 1. The topological polar surface area (TPSA) is 66.5 Å². The van der Waals surface area contributed by atoms with Crippen molar-refractivity contribution in [1.29, 1.82) is 0 Å². The number of halogens is 3. The summed E-state index contributed by atoms with van der Waals surface area (Å²) in [6, 6.07) is 5.45. The maximum Gasteiger partial charge on any atom is 0.425 e. The summed E-state index contributed by atoms with van der Waals surface area (Å²) in [7, 11) is 0. The summed E-state index contributed by atoms with van der Waals surface area (Å²) in [5.41, 5.74) is -4.11. The van der Waals surface area contributed by atoms with Crippen LogP contribution >= 0.6 is 0 Å². The molecular formula is C22H23F3N2O3. The summed E-state index contributed by atoms with van der Waals surface area (Å²) in [6.45, 7) is -0.596. The van der Waals surface area contributed by atoms with Crippen LogP contribution in [0.2, 0.25) is 0 Å². The van der Waals surface area contributed by atoms with E-state index in [1.54, 1.807) is 0 Å². The molecule has 1 N–H and O–H groups in total. The van der Waals surface area contributed by atoms with Crippen molar-refractivity contribution in [2.24, 2.45) is 23.2 Å². The van der Waals surface area contributed by atoms with E-state index in [1.165, 1.54) is 18.2 Å². The van der Waals surface area contributed by atoms with Gasteiger partial charge in [-0.15, -0.1) is 0 Å². The zero-order valence-electron chi connectivity index (χ0n) is 16.4. The number of rotatable bonds is 4. The molecule has 5 aliphatic rings. The van der Waals surface area contributed by atoms with Gasteiger partial charge < -0.3 is 5.32 Å². The van der Waals surface area contributed by atoms with Gasteiger partial charge >= 0.3 is 12.2 Å². The van der Waals surface area contributed by atoms with Crippen LogP contribution in [0.4, 0.5) is 18.0 Å². The van der Waals surface area contributed by atoms with E-state index in [4.69, 9.17) is 0 Å². The SMILES string of the molecule is O=C1N[C@@](c2ccccc2)(C(F)(F)F)C(=O)N1CC(=O)C12CC3CC(CC(C3)C1)C2. The van der Waals surface area contributed by atoms with Crippen molar-refractivity contribution in [2.75, 3.05) is 6.54 Å². The Morgan fingerprint density at radius 2 is 1.53 bits per heavy atom. The predicted molar refractivity (Wildman–Crippen MR) is 100 cm³/mol. The number of benzene rings is 1. The van der Waals surface area contributed by atoms with E-state index in [1.807, 2.05) is 5.32 Å². The molecule has 1 aromatic carbocycles. The Kier molecular flexibility index (Phi) is 4.12. The lowest BCUT2D eigenvalue weighted by Crippen LogP contribution is -2.56. The smallest absolute Gasteiger partial charge is 0.312 e. The fourth-order valence-electron chi connectivity index (χ4n) is 6.72. The van der Waals surface area contributed by atoms with E-state index in [9.17, 15) is 27.6 Å². The van der Waals surface area contributed by atoms with E-state index < -0.39 is 35.6 Å². The van der Waals surface area contributed by atoms with Crippen LogP contribution in [-0.4, -0.2) is 35.3 Å². The number of urea groups is 1. The highest BCUT2D eigenvalue weighted by Gasteiger charge is 2.69. The van der Waals surface area contributed by atoms with Gasteiger partial charge in [0.2, 0.25) is 5.54 Å². The van der Waals surface area contributed by atoms with Gasteiger partial charge in [0, 0.05) is 5.41 Å². The van der Waals surface area contributed by atoms with Crippen molar-refractivity contribution < 1.29 is 27.6 Å². The van der Waals surface area contributed by atoms with Gasteiger partial charge in [0.1, 0.15) is 0 Å². The number of ketones is 1. The number of carbonyl (C=O) groups is 3. The van der Waals surface area contributed by atoms with Crippen molar-refractivity contribution >= 4 is 17.7 Å². The molecule has 1 aliphatic heterocycles. The molecule has 4 bridgehead atoms. The third-order valence-corrected chi connectivity index (χ3v) is 7.67.